The Balaban J connectivity index is 1.34. The van der Waals surface area contributed by atoms with Crippen LogP contribution in [0.25, 0.3) is 0 Å². The molecule has 2 N–H and O–H groups in total. The minimum absolute atomic E-state index is 0.158. The standard InChI is InChI=1S/C30H34O8/c31-25(21-11-3-1-4-12-21)29(35)17-9-7-15-23(29)27(33)37-19-20-38-28(34)24-16-8-10-18-30(24,36)26(32)22-13-5-2-6-14-22/h1-6,11-14,23-24,35-36H,7-10,15-20H2/t23-,24?,29-,30?/m1/s1. The summed E-state index contributed by atoms with van der Waals surface area (Å²) in [6.07, 6.45) is 3.51. The van der Waals surface area contributed by atoms with Crippen LogP contribution in [-0.4, -0.2) is 58.1 Å². The van der Waals surface area contributed by atoms with Crippen molar-refractivity contribution in [3.05, 3.63) is 71.8 Å². The van der Waals surface area contributed by atoms with E-state index in [-0.39, 0.29) is 26.1 Å². The van der Waals surface area contributed by atoms with Gasteiger partial charge in [0, 0.05) is 11.1 Å². The van der Waals surface area contributed by atoms with Crippen LogP contribution in [0.5, 0.6) is 0 Å². The van der Waals surface area contributed by atoms with E-state index in [1.165, 1.54) is 0 Å². The largest absolute Gasteiger partial charge is 0.462 e. The molecule has 2 unspecified atom stereocenters. The van der Waals surface area contributed by atoms with Gasteiger partial charge in [-0.15, -0.1) is 0 Å². The molecule has 8 nitrogen and oxygen atoms in total. The van der Waals surface area contributed by atoms with Crippen molar-refractivity contribution in [2.24, 2.45) is 11.8 Å². The van der Waals surface area contributed by atoms with E-state index in [0.29, 0.717) is 49.7 Å². The average Bonchev–Trinajstić information content (AvgIpc) is 2.95. The molecule has 0 bridgehead atoms. The summed E-state index contributed by atoms with van der Waals surface area (Å²) in [4.78, 5) is 51.9. The summed E-state index contributed by atoms with van der Waals surface area (Å²) in [5, 5.41) is 22.5. The van der Waals surface area contributed by atoms with E-state index in [1.807, 2.05) is 0 Å². The predicted octanol–water partition coefficient (Wildman–Crippen LogP) is 3.68. The van der Waals surface area contributed by atoms with Crippen molar-refractivity contribution in [1.82, 2.24) is 0 Å². The fourth-order valence-electron chi connectivity index (χ4n) is 5.65. The van der Waals surface area contributed by atoms with Crippen LogP contribution >= 0.6 is 0 Å². The summed E-state index contributed by atoms with van der Waals surface area (Å²) in [5.41, 5.74) is -3.06. The van der Waals surface area contributed by atoms with Gasteiger partial charge in [0.25, 0.3) is 0 Å². The van der Waals surface area contributed by atoms with Gasteiger partial charge in [-0.25, -0.2) is 0 Å². The van der Waals surface area contributed by atoms with Crippen LogP contribution in [0.4, 0.5) is 0 Å². The smallest absolute Gasteiger partial charge is 0.312 e. The van der Waals surface area contributed by atoms with Crippen LogP contribution < -0.4 is 0 Å². The number of rotatable bonds is 9. The lowest BCUT2D eigenvalue weighted by atomic mass is 9.71. The summed E-state index contributed by atoms with van der Waals surface area (Å²) in [5.74, 6) is -4.50. The van der Waals surface area contributed by atoms with Crippen LogP contribution in [0, 0.1) is 11.8 Å². The summed E-state index contributed by atoms with van der Waals surface area (Å²) in [7, 11) is 0. The molecule has 4 rings (SSSR count). The van der Waals surface area contributed by atoms with E-state index in [4.69, 9.17) is 9.47 Å². The number of hydrogen-bond acceptors (Lipinski definition) is 8. The van der Waals surface area contributed by atoms with Crippen molar-refractivity contribution in [1.29, 1.82) is 0 Å². The summed E-state index contributed by atoms with van der Waals surface area (Å²) in [6, 6.07) is 16.7. The lowest BCUT2D eigenvalue weighted by Gasteiger charge is -2.37. The monoisotopic (exact) mass is 522 g/mol. The van der Waals surface area contributed by atoms with E-state index in [2.05, 4.69) is 0 Å². The Hall–Kier alpha value is -3.36. The lowest BCUT2D eigenvalue weighted by Crippen LogP contribution is -2.52. The molecule has 202 valence electrons. The van der Waals surface area contributed by atoms with E-state index < -0.39 is 46.5 Å². The molecule has 0 radical (unpaired) electrons. The molecule has 8 heteroatoms. The SMILES string of the molecule is O=C(OCCOC(=O)[C@H]1CCCC[C@]1(O)C(=O)c1ccccc1)C1CCCCC1(O)C(=O)c1ccccc1. The predicted molar refractivity (Wildman–Crippen MR) is 137 cm³/mol. The van der Waals surface area contributed by atoms with Crippen LogP contribution in [0.3, 0.4) is 0 Å². The fraction of sp³-hybridized carbons (Fsp3) is 0.467. The molecule has 2 aliphatic rings. The highest BCUT2D eigenvalue weighted by molar-refractivity contribution is 6.05. The molecular weight excluding hydrogens is 488 g/mol. The lowest BCUT2D eigenvalue weighted by molar-refractivity contribution is -0.167. The maximum absolute atomic E-state index is 13.1. The first-order chi connectivity index (χ1) is 18.3. The minimum Gasteiger partial charge on any atom is -0.462 e. The van der Waals surface area contributed by atoms with E-state index >= 15 is 0 Å². The molecule has 0 amide bonds. The molecule has 2 saturated carbocycles. The molecule has 0 aromatic heterocycles. The maximum atomic E-state index is 13.1. The van der Waals surface area contributed by atoms with Crippen molar-refractivity contribution in [3.63, 3.8) is 0 Å². The van der Waals surface area contributed by atoms with Gasteiger partial charge in [0.1, 0.15) is 24.4 Å². The van der Waals surface area contributed by atoms with Gasteiger partial charge in [-0.1, -0.05) is 86.3 Å². The Bertz CT molecular complexity index is 1060. The van der Waals surface area contributed by atoms with Crippen LogP contribution in [0.2, 0.25) is 0 Å². The zero-order chi connectivity index (χ0) is 27.2. The Morgan fingerprint density at radius 2 is 1.00 bits per heavy atom. The molecular formula is C30H34O8. The number of ketones is 2. The maximum Gasteiger partial charge on any atom is 0.312 e. The third-order valence-corrected chi connectivity index (χ3v) is 7.75. The highest BCUT2D eigenvalue weighted by Crippen LogP contribution is 2.38. The zero-order valence-electron chi connectivity index (χ0n) is 21.3. The molecule has 0 spiro atoms. The second-order valence-electron chi connectivity index (χ2n) is 10.2. The summed E-state index contributed by atoms with van der Waals surface area (Å²) in [6.45, 7) is -0.539. The quantitative estimate of drug-likeness (QED) is 0.290. The average molecular weight is 523 g/mol. The van der Waals surface area contributed by atoms with E-state index in [1.54, 1.807) is 60.7 Å². The third kappa shape index (κ3) is 5.71. The number of benzene rings is 2. The molecule has 2 fully saturated rings. The number of carbonyl (C=O) groups excluding carboxylic acids is 4. The number of hydrogen-bond donors (Lipinski definition) is 2. The second kappa shape index (κ2) is 12.0. The minimum atomic E-state index is -1.86. The molecule has 38 heavy (non-hydrogen) atoms. The van der Waals surface area contributed by atoms with Crippen molar-refractivity contribution in [2.45, 2.75) is 62.6 Å². The molecule has 2 aromatic rings. The van der Waals surface area contributed by atoms with Gasteiger partial charge in [0.05, 0.1) is 11.8 Å². The van der Waals surface area contributed by atoms with Gasteiger partial charge in [-0.3, -0.25) is 19.2 Å². The fourth-order valence-corrected chi connectivity index (χ4v) is 5.65. The van der Waals surface area contributed by atoms with Gasteiger partial charge in [-0.2, -0.15) is 0 Å². The Morgan fingerprint density at radius 1 is 0.632 bits per heavy atom. The zero-order valence-corrected chi connectivity index (χ0v) is 21.3. The Morgan fingerprint density at radius 3 is 1.37 bits per heavy atom. The summed E-state index contributed by atoms with van der Waals surface area (Å²) >= 11 is 0. The first kappa shape index (κ1) is 27.7. The van der Waals surface area contributed by atoms with Gasteiger partial charge >= 0.3 is 11.9 Å². The summed E-state index contributed by atoms with van der Waals surface area (Å²) < 4.78 is 10.6. The molecule has 2 aliphatic carbocycles. The Kier molecular flexibility index (Phi) is 8.74. The second-order valence-corrected chi connectivity index (χ2v) is 10.2. The van der Waals surface area contributed by atoms with Crippen LogP contribution in [0.1, 0.15) is 72.1 Å². The van der Waals surface area contributed by atoms with Crippen LogP contribution in [0.15, 0.2) is 60.7 Å². The van der Waals surface area contributed by atoms with Gasteiger partial charge < -0.3 is 19.7 Å². The van der Waals surface area contributed by atoms with Gasteiger partial charge in [-0.05, 0) is 25.7 Å². The highest BCUT2D eigenvalue weighted by atomic mass is 16.6. The first-order valence-corrected chi connectivity index (χ1v) is 13.2. The number of esters is 2. The number of ether oxygens (including phenoxy) is 2. The molecule has 0 heterocycles. The molecule has 0 saturated heterocycles. The highest BCUT2D eigenvalue weighted by Gasteiger charge is 2.51. The number of aliphatic hydroxyl groups is 2. The number of Topliss-reactive ketones (excluding diaryl/α,β-unsaturated/α-hetero) is 2. The van der Waals surface area contributed by atoms with Crippen LogP contribution in [-0.2, 0) is 19.1 Å². The molecule has 2 aromatic carbocycles. The third-order valence-electron chi connectivity index (χ3n) is 7.75. The van der Waals surface area contributed by atoms with E-state index in [9.17, 15) is 29.4 Å². The first-order valence-electron chi connectivity index (χ1n) is 13.2. The van der Waals surface area contributed by atoms with Crippen molar-refractivity contribution in [3.8, 4) is 0 Å². The van der Waals surface area contributed by atoms with Gasteiger partial charge in [0.15, 0.2) is 11.6 Å². The van der Waals surface area contributed by atoms with E-state index in [0.717, 1.165) is 0 Å². The van der Waals surface area contributed by atoms with Gasteiger partial charge in [0.2, 0.25) is 0 Å². The molecule has 0 aliphatic heterocycles. The van der Waals surface area contributed by atoms with Crippen molar-refractivity contribution >= 4 is 23.5 Å². The molecule has 4 atom stereocenters. The van der Waals surface area contributed by atoms with Crippen molar-refractivity contribution in [2.75, 3.05) is 13.2 Å². The Labute approximate surface area is 222 Å². The number of carbonyl (C=O) groups is 4. The normalized spacial score (nSPS) is 27.2. The topological polar surface area (TPSA) is 127 Å². The van der Waals surface area contributed by atoms with Crippen molar-refractivity contribution < 1.29 is 38.9 Å².